The molecule has 90 valence electrons. The molecule has 0 spiro atoms. The molecule has 2 heterocycles. The van der Waals surface area contributed by atoms with E-state index in [0.717, 1.165) is 26.8 Å². The van der Waals surface area contributed by atoms with Crippen LogP contribution in [0.1, 0.15) is 0 Å². The van der Waals surface area contributed by atoms with Crippen LogP contribution < -0.4 is 0 Å². The highest BCUT2D eigenvalue weighted by Crippen LogP contribution is 2.32. The second kappa shape index (κ2) is 4.17. The highest BCUT2D eigenvalue weighted by Gasteiger charge is 2.12. The van der Waals surface area contributed by atoms with Crippen molar-refractivity contribution in [3.8, 4) is 11.3 Å². The Morgan fingerprint density at radius 1 is 1.17 bits per heavy atom. The molecular formula is C13H9BrFN3. The molecule has 0 aliphatic carbocycles. The molecule has 0 atom stereocenters. The van der Waals surface area contributed by atoms with Gasteiger partial charge in [-0.25, -0.2) is 14.4 Å². The number of nitrogens with zero attached hydrogens (tertiary/aromatic N) is 3. The van der Waals surface area contributed by atoms with Crippen LogP contribution in [0.4, 0.5) is 4.39 Å². The first-order chi connectivity index (χ1) is 8.66. The lowest BCUT2D eigenvalue weighted by Crippen LogP contribution is -1.91. The summed E-state index contributed by atoms with van der Waals surface area (Å²) in [6.45, 7) is 0. The highest BCUT2D eigenvalue weighted by atomic mass is 79.9. The Kier molecular flexibility index (Phi) is 2.63. The smallest absolute Gasteiger partial charge is 0.144 e. The van der Waals surface area contributed by atoms with E-state index in [1.165, 1.54) is 18.5 Å². The number of halogens is 2. The highest BCUT2D eigenvalue weighted by molar-refractivity contribution is 9.10. The molecule has 18 heavy (non-hydrogen) atoms. The number of fused-ring (bicyclic) bond motifs is 1. The van der Waals surface area contributed by atoms with Crippen LogP contribution in [0.3, 0.4) is 0 Å². The first-order valence-electron chi connectivity index (χ1n) is 5.38. The van der Waals surface area contributed by atoms with Crippen LogP contribution in [-0.2, 0) is 7.05 Å². The maximum Gasteiger partial charge on any atom is 0.144 e. The summed E-state index contributed by atoms with van der Waals surface area (Å²) in [5.41, 5.74) is 2.51. The predicted octanol–water partition coefficient (Wildman–Crippen LogP) is 3.54. The van der Waals surface area contributed by atoms with Gasteiger partial charge in [0.15, 0.2) is 0 Å². The van der Waals surface area contributed by atoms with E-state index in [1.807, 2.05) is 17.8 Å². The fraction of sp³-hybridized carbons (Fsp3) is 0.0769. The molecule has 0 bridgehead atoms. The summed E-state index contributed by atoms with van der Waals surface area (Å²) in [6.07, 6.45) is 3.46. The number of aromatic nitrogens is 3. The average Bonchev–Trinajstić information content (AvgIpc) is 2.66. The monoisotopic (exact) mass is 305 g/mol. The average molecular weight is 306 g/mol. The minimum absolute atomic E-state index is 0.254. The second-order valence-corrected chi connectivity index (χ2v) is 4.87. The zero-order chi connectivity index (χ0) is 12.7. The van der Waals surface area contributed by atoms with Gasteiger partial charge in [0.1, 0.15) is 17.8 Å². The zero-order valence-electron chi connectivity index (χ0n) is 9.56. The molecule has 5 heteroatoms. The van der Waals surface area contributed by atoms with Crippen LogP contribution in [0.5, 0.6) is 0 Å². The van der Waals surface area contributed by atoms with E-state index < -0.39 is 0 Å². The van der Waals surface area contributed by atoms with Gasteiger partial charge >= 0.3 is 0 Å². The summed E-state index contributed by atoms with van der Waals surface area (Å²) in [4.78, 5) is 8.56. The van der Waals surface area contributed by atoms with E-state index in [-0.39, 0.29) is 5.82 Å². The molecule has 0 aliphatic rings. The molecule has 3 nitrogen and oxygen atoms in total. The van der Waals surface area contributed by atoms with E-state index in [0.29, 0.717) is 0 Å². The van der Waals surface area contributed by atoms with Gasteiger partial charge in [-0.05, 0) is 40.2 Å². The number of aryl methyl sites for hydroxylation is 1. The number of rotatable bonds is 1. The Hall–Kier alpha value is -1.75. The first-order valence-corrected chi connectivity index (χ1v) is 6.17. The van der Waals surface area contributed by atoms with Gasteiger partial charge in [-0.15, -0.1) is 0 Å². The molecule has 0 fully saturated rings. The van der Waals surface area contributed by atoms with Crippen molar-refractivity contribution in [1.29, 1.82) is 0 Å². The van der Waals surface area contributed by atoms with Crippen molar-refractivity contribution in [1.82, 2.24) is 14.5 Å². The van der Waals surface area contributed by atoms with Crippen molar-refractivity contribution in [2.24, 2.45) is 7.05 Å². The fourth-order valence-electron chi connectivity index (χ4n) is 1.99. The van der Waals surface area contributed by atoms with Crippen molar-refractivity contribution >= 4 is 27.0 Å². The molecule has 1 aromatic carbocycles. The Labute approximate surface area is 111 Å². The molecule has 2 aromatic heterocycles. The van der Waals surface area contributed by atoms with Gasteiger partial charge in [0.05, 0.1) is 11.1 Å². The van der Waals surface area contributed by atoms with Gasteiger partial charge in [0.25, 0.3) is 0 Å². The maximum atomic E-state index is 13.0. The number of benzene rings is 1. The molecule has 0 unspecified atom stereocenters. The lowest BCUT2D eigenvalue weighted by Gasteiger charge is -2.03. The van der Waals surface area contributed by atoms with Crippen molar-refractivity contribution < 1.29 is 4.39 Å². The van der Waals surface area contributed by atoms with Crippen LogP contribution in [0, 0.1) is 5.82 Å². The Balaban J connectivity index is 2.32. The molecule has 0 radical (unpaired) electrons. The van der Waals surface area contributed by atoms with Crippen LogP contribution in [0.15, 0.2) is 41.3 Å². The van der Waals surface area contributed by atoms with Gasteiger partial charge in [0.2, 0.25) is 0 Å². The van der Waals surface area contributed by atoms with Crippen LogP contribution in [-0.4, -0.2) is 14.5 Å². The molecule has 0 saturated carbocycles. The third kappa shape index (κ3) is 1.71. The zero-order valence-corrected chi connectivity index (χ0v) is 11.1. The van der Waals surface area contributed by atoms with Gasteiger partial charge in [-0.1, -0.05) is 0 Å². The SMILES string of the molecule is Cn1cc(Br)c2c(-c3ccc(F)cc3)ncnc21. The van der Waals surface area contributed by atoms with E-state index in [2.05, 4.69) is 25.9 Å². The summed E-state index contributed by atoms with van der Waals surface area (Å²) < 4.78 is 15.8. The van der Waals surface area contributed by atoms with Gasteiger partial charge in [0, 0.05) is 23.3 Å². The lowest BCUT2D eigenvalue weighted by molar-refractivity contribution is 0.628. The van der Waals surface area contributed by atoms with Crippen molar-refractivity contribution in [3.63, 3.8) is 0 Å². The summed E-state index contributed by atoms with van der Waals surface area (Å²) in [5.74, 6) is -0.254. The topological polar surface area (TPSA) is 30.7 Å². The van der Waals surface area contributed by atoms with Crippen molar-refractivity contribution in [2.75, 3.05) is 0 Å². The number of hydrogen-bond donors (Lipinski definition) is 0. The Morgan fingerprint density at radius 3 is 2.61 bits per heavy atom. The molecule has 3 rings (SSSR count). The summed E-state index contributed by atoms with van der Waals surface area (Å²) >= 11 is 3.51. The number of hydrogen-bond acceptors (Lipinski definition) is 2. The molecule has 0 N–H and O–H groups in total. The van der Waals surface area contributed by atoms with E-state index >= 15 is 0 Å². The van der Waals surface area contributed by atoms with Crippen molar-refractivity contribution in [2.45, 2.75) is 0 Å². The molecular weight excluding hydrogens is 297 g/mol. The third-order valence-corrected chi connectivity index (χ3v) is 3.43. The van der Waals surface area contributed by atoms with Crippen LogP contribution in [0.25, 0.3) is 22.3 Å². The first kappa shape index (κ1) is 11.3. The molecule has 0 aliphatic heterocycles. The summed E-state index contributed by atoms with van der Waals surface area (Å²) in [6, 6.07) is 6.30. The quantitative estimate of drug-likeness (QED) is 0.688. The summed E-state index contributed by atoms with van der Waals surface area (Å²) in [5, 5.41) is 0.937. The molecule has 0 amide bonds. The second-order valence-electron chi connectivity index (χ2n) is 4.02. The van der Waals surface area contributed by atoms with E-state index in [4.69, 9.17) is 0 Å². The molecule has 0 saturated heterocycles. The minimum atomic E-state index is -0.254. The van der Waals surface area contributed by atoms with Crippen LogP contribution in [0.2, 0.25) is 0 Å². The fourth-order valence-corrected chi connectivity index (χ4v) is 2.66. The minimum Gasteiger partial charge on any atom is -0.334 e. The normalized spacial score (nSPS) is 11.1. The Morgan fingerprint density at radius 2 is 1.89 bits per heavy atom. The van der Waals surface area contributed by atoms with Crippen molar-refractivity contribution in [3.05, 3.63) is 47.1 Å². The van der Waals surface area contributed by atoms with E-state index in [1.54, 1.807) is 12.1 Å². The third-order valence-electron chi connectivity index (χ3n) is 2.82. The Bertz CT molecular complexity index is 719. The van der Waals surface area contributed by atoms with Crippen LogP contribution >= 0.6 is 15.9 Å². The molecule has 3 aromatic rings. The standard InChI is InChI=1S/C13H9BrFN3/c1-18-6-10(14)11-12(16-7-17-13(11)18)8-2-4-9(15)5-3-8/h2-7H,1H3. The largest absolute Gasteiger partial charge is 0.334 e. The lowest BCUT2D eigenvalue weighted by atomic mass is 10.1. The van der Waals surface area contributed by atoms with Gasteiger partial charge in [-0.3, -0.25) is 0 Å². The van der Waals surface area contributed by atoms with Gasteiger partial charge < -0.3 is 4.57 Å². The van der Waals surface area contributed by atoms with E-state index in [9.17, 15) is 4.39 Å². The predicted molar refractivity (Wildman–Crippen MR) is 71.6 cm³/mol. The maximum absolute atomic E-state index is 13.0. The van der Waals surface area contributed by atoms with Gasteiger partial charge in [-0.2, -0.15) is 0 Å². The summed E-state index contributed by atoms with van der Waals surface area (Å²) in [7, 11) is 1.93.